The van der Waals surface area contributed by atoms with Gasteiger partial charge >= 0.3 is 0 Å². The van der Waals surface area contributed by atoms with Crippen molar-refractivity contribution in [3.63, 3.8) is 0 Å². The van der Waals surface area contributed by atoms with E-state index in [0.717, 1.165) is 11.3 Å². The van der Waals surface area contributed by atoms with Crippen LogP contribution < -0.4 is 10.5 Å². The summed E-state index contributed by atoms with van der Waals surface area (Å²) < 4.78 is 5.69. The Hall–Kier alpha value is -1.71. The van der Waals surface area contributed by atoms with Crippen LogP contribution >= 0.6 is 11.6 Å². The van der Waals surface area contributed by atoms with Crippen LogP contribution in [0.25, 0.3) is 0 Å². The number of nitrogens with two attached hydrogens (primary N) is 1. The van der Waals surface area contributed by atoms with Gasteiger partial charge in [-0.25, -0.2) is 0 Å². The molecule has 0 saturated heterocycles. The molecule has 1 unspecified atom stereocenters. The number of halogens is 1. The molecule has 0 saturated carbocycles. The minimum absolute atomic E-state index is 0.0442. The number of benzene rings is 2. The van der Waals surface area contributed by atoms with Crippen LogP contribution in [0.1, 0.15) is 11.5 Å². The van der Waals surface area contributed by atoms with Crippen LogP contribution in [0.3, 0.4) is 0 Å². The van der Waals surface area contributed by atoms with Crippen molar-refractivity contribution in [2.75, 3.05) is 13.2 Å². The van der Waals surface area contributed by atoms with Gasteiger partial charge in [0.25, 0.3) is 0 Å². The third-order valence-electron chi connectivity index (χ3n) is 2.89. The van der Waals surface area contributed by atoms with Gasteiger partial charge in [-0.3, -0.25) is 0 Å². The van der Waals surface area contributed by atoms with E-state index < -0.39 is 0 Å². The standard InChI is InChI=1S/C15H16ClNO2/c16-13-4-6-15(7-5-13)19-10-12(9-17)11-2-1-3-14(18)8-11/h1-8,12,18H,9-10,17H2. The van der Waals surface area contributed by atoms with Crippen LogP contribution in [-0.4, -0.2) is 18.3 Å². The Morgan fingerprint density at radius 3 is 2.53 bits per heavy atom. The summed E-state index contributed by atoms with van der Waals surface area (Å²) in [6.07, 6.45) is 0. The maximum absolute atomic E-state index is 9.48. The number of hydrogen-bond donors (Lipinski definition) is 2. The summed E-state index contributed by atoms with van der Waals surface area (Å²) in [5.41, 5.74) is 6.73. The first-order valence-corrected chi connectivity index (χ1v) is 6.44. The van der Waals surface area contributed by atoms with Crippen molar-refractivity contribution in [1.29, 1.82) is 0 Å². The first-order chi connectivity index (χ1) is 9.19. The molecule has 3 nitrogen and oxygen atoms in total. The number of aromatic hydroxyl groups is 1. The van der Waals surface area contributed by atoms with Gasteiger partial charge in [-0.2, -0.15) is 0 Å². The molecule has 0 spiro atoms. The zero-order valence-corrected chi connectivity index (χ0v) is 11.2. The second-order valence-electron chi connectivity index (χ2n) is 4.29. The van der Waals surface area contributed by atoms with E-state index in [1.807, 2.05) is 18.2 Å². The largest absolute Gasteiger partial charge is 0.508 e. The molecule has 0 aliphatic heterocycles. The van der Waals surface area contributed by atoms with Crippen LogP contribution in [0.4, 0.5) is 0 Å². The number of hydrogen-bond acceptors (Lipinski definition) is 3. The van der Waals surface area contributed by atoms with E-state index >= 15 is 0 Å². The van der Waals surface area contributed by atoms with E-state index in [0.29, 0.717) is 18.2 Å². The Kier molecular flexibility index (Phi) is 4.66. The van der Waals surface area contributed by atoms with Crippen LogP contribution in [0.5, 0.6) is 11.5 Å². The molecule has 0 aliphatic rings. The predicted octanol–water partition coefficient (Wildman–Crippen LogP) is 3.17. The molecule has 0 fully saturated rings. The summed E-state index contributed by atoms with van der Waals surface area (Å²) in [5, 5.41) is 10.2. The summed E-state index contributed by atoms with van der Waals surface area (Å²) in [6, 6.07) is 14.3. The molecule has 19 heavy (non-hydrogen) atoms. The van der Waals surface area contributed by atoms with Gasteiger partial charge < -0.3 is 15.6 Å². The highest BCUT2D eigenvalue weighted by atomic mass is 35.5. The minimum atomic E-state index is 0.0442. The van der Waals surface area contributed by atoms with E-state index in [1.165, 1.54) is 0 Å². The van der Waals surface area contributed by atoms with Crippen LogP contribution in [0, 0.1) is 0 Å². The summed E-state index contributed by atoms with van der Waals surface area (Å²) in [7, 11) is 0. The van der Waals surface area contributed by atoms with E-state index in [1.54, 1.807) is 30.3 Å². The molecule has 2 aromatic carbocycles. The van der Waals surface area contributed by atoms with Gasteiger partial charge in [0.1, 0.15) is 11.5 Å². The molecule has 0 aromatic heterocycles. The molecule has 4 heteroatoms. The zero-order valence-electron chi connectivity index (χ0n) is 10.4. The molecule has 2 rings (SSSR count). The quantitative estimate of drug-likeness (QED) is 0.883. The highest BCUT2D eigenvalue weighted by Crippen LogP contribution is 2.22. The highest BCUT2D eigenvalue weighted by molar-refractivity contribution is 6.30. The van der Waals surface area contributed by atoms with Crippen molar-refractivity contribution in [3.8, 4) is 11.5 Å². The summed E-state index contributed by atoms with van der Waals surface area (Å²) in [6.45, 7) is 0.915. The van der Waals surface area contributed by atoms with Crippen LogP contribution in [0.2, 0.25) is 5.02 Å². The summed E-state index contributed by atoms with van der Waals surface area (Å²) >= 11 is 5.81. The maximum Gasteiger partial charge on any atom is 0.119 e. The van der Waals surface area contributed by atoms with Gasteiger partial charge in [0.15, 0.2) is 0 Å². The number of ether oxygens (including phenoxy) is 1. The van der Waals surface area contributed by atoms with Gasteiger partial charge in [0.2, 0.25) is 0 Å². The molecule has 100 valence electrons. The monoisotopic (exact) mass is 277 g/mol. The number of phenols is 1. The molecule has 2 aromatic rings. The van der Waals surface area contributed by atoms with Gasteiger partial charge in [0, 0.05) is 17.5 Å². The molecule has 0 bridgehead atoms. The van der Waals surface area contributed by atoms with E-state index in [-0.39, 0.29) is 11.7 Å². The van der Waals surface area contributed by atoms with Crippen molar-refractivity contribution in [2.24, 2.45) is 5.73 Å². The van der Waals surface area contributed by atoms with Gasteiger partial charge in [-0.15, -0.1) is 0 Å². The average molecular weight is 278 g/mol. The normalized spacial score (nSPS) is 12.1. The zero-order chi connectivity index (χ0) is 13.7. The van der Waals surface area contributed by atoms with E-state index in [4.69, 9.17) is 22.1 Å². The van der Waals surface area contributed by atoms with Crippen molar-refractivity contribution in [3.05, 3.63) is 59.1 Å². The summed E-state index contributed by atoms with van der Waals surface area (Å²) in [4.78, 5) is 0. The van der Waals surface area contributed by atoms with E-state index in [9.17, 15) is 5.11 Å². The fourth-order valence-electron chi connectivity index (χ4n) is 1.81. The SMILES string of the molecule is NCC(COc1ccc(Cl)cc1)c1cccc(O)c1. The Bertz CT molecular complexity index is 528. The molecule has 1 atom stereocenters. The first kappa shape index (κ1) is 13.7. The second-order valence-corrected chi connectivity index (χ2v) is 4.73. The lowest BCUT2D eigenvalue weighted by atomic mass is 10.00. The minimum Gasteiger partial charge on any atom is -0.508 e. The topological polar surface area (TPSA) is 55.5 Å². The lowest BCUT2D eigenvalue weighted by molar-refractivity contribution is 0.290. The van der Waals surface area contributed by atoms with Gasteiger partial charge in [0.05, 0.1) is 6.61 Å². The smallest absolute Gasteiger partial charge is 0.119 e. The van der Waals surface area contributed by atoms with E-state index in [2.05, 4.69) is 0 Å². The van der Waals surface area contributed by atoms with Crippen molar-refractivity contribution >= 4 is 11.6 Å². The average Bonchev–Trinajstić information content (AvgIpc) is 2.42. The van der Waals surface area contributed by atoms with Crippen molar-refractivity contribution in [2.45, 2.75) is 5.92 Å². The lowest BCUT2D eigenvalue weighted by Gasteiger charge is -2.16. The fraction of sp³-hybridized carbons (Fsp3) is 0.200. The molecule has 0 heterocycles. The molecular formula is C15H16ClNO2. The molecule has 0 radical (unpaired) electrons. The van der Waals surface area contributed by atoms with Crippen LogP contribution in [0.15, 0.2) is 48.5 Å². The predicted molar refractivity (Wildman–Crippen MR) is 76.8 cm³/mol. The third-order valence-corrected chi connectivity index (χ3v) is 3.14. The van der Waals surface area contributed by atoms with Gasteiger partial charge in [-0.1, -0.05) is 23.7 Å². The summed E-state index contributed by atoms with van der Waals surface area (Å²) in [5.74, 6) is 1.04. The second kappa shape index (κ2) is 6.45. The van der Waals surface area contributed by atoms with Gasteiger partial charge in [-0.05, 0) is 42.0 Å². The van der Waals surface area contributed by atoms with Crippen molar-refractivity contribution in [1.82, 2.24) is 0 Å². The molecular weight excluding hydrogens is 262 g/mol. The Morgan fingerprint density at radius 1 is 1.16 bits per heavy atom. The molecule has 0 aliphatic carbocycles. The Labute approximate surface area is 117 Å². The number of rotatable bonds is 5. The van der Waals surface area contributed by atoms with Crippen LogP contribution in [-0.2, 0) is 0 Å². The Morgan fingerprint density at radius 2 is 1.89 bits per heavy atom. The van der Waals surface area contributed by atoms with Crippen molar-refractivity contribution < 1.29 is 9.84 Å². The highest BCUT2D eigenvalue weighted by Gasteiger charge is 2.11. The number of phenolic OH excluding ortho intramolecular Hbond substituents is 1. The maximum atomic E-state index is 9.48. The third kappa shape index (κ3) is 3.88. The molecule has 3 N–H and O–H groups in total. The lowest BCUT2D eigenvalue weighted by Crippen LogP contribution is -2.19. The first-order valence-electron chi connectivity index (χ1n) is 6.06. The Balaban J connectivity index is 2.01. The fourth-order valence-corrected chi connectivity index (χ4v) is 1.93. The molecule has 0 amide bonds.